The highest BCUT2D eigenvalue weighted by molar-refractivity contribution is 5.66. The number of aliphatic hydroxyl groups excluding tert-OH is 2. The third kappa shape index (κ3) is 2.51. The van der Waals surface area contributed by atoms with Crippen molar-refractivity contribution in [1.82, 2.24) is 0 Å². The van der Waals surface area contributed by atoms with Crippen molar-refractivity contribution in [3.05, 3.63) is 11.6 Å². The molecule has 25 heavy (non-hydrogen) atoms. The van der Waals surface area contributed by atoms with Crippen molar-refractivity contribution in [3.63, 3.8) is 0 Å². The molecule has 0 amide bonds. The van der Waals surface area contributed by atoms with Crippen LogP contribution in [0.2, 0.25) is 0 Å². The molecule has 0 spiro atoms. The SMILES string of the molecule is CC(=O)O[C@H]1CC[C@@]2(C)C(=C[C@H](O)[C@H]3[C@@H]4CC[C@H](O)[C@@]4(C)CC[C@@H]32)C1. The molecule has 4 nitrogen and oxygen atoms in total. The molecule has 0 aromatic rings. The normalized spacial score (nSPS) is 51.8. The highest BCUT2D eigenvalue weighted by atomic mass is 16.5. The summed E-state index contributed by atoms with van der Waals surface area (Å²) in [5, 5.41) is 21.5. The summed E-state index contributed by atoms with van der Waals surface area (Å²) >= 11 is 0. The fraction of sp³-hybridized carbons (Fsp3) is 0.857. The highest BCUT2D eigenvalue weighted by Gasteiger charge is 2.60. The molecule has 0 saturated heterocycles. The summed E-state index contributed by atoms with van der Waals surface area (Å²) in [6, 6.07) is 0. The Labute approximate surface area is 150 Å². The average Bonchev–Trinajstić information content (AvgIpc) is 2.84. The predicted molar refractivity (Wildman–Crippen MR) is 94.7 cm³/mol. The highest BCUT2D eigenvalue weighted by Crippen LogP contribution is 2.64. The second-order valence-electron chi connectivity index (χ2n) is 9.50. The number of carbonyl (C=O) groups excluding carboxylic acids is 1. The molecule has 0 heterocycles. The zero-order valence-electron chi connectivity index (χ0n) is 15.7. The van der Waals surface area contributed by atoms with E-state index in [1.807, 2.05) is 0 Å². The maximum atomic E-state index is 11.3. The van der Waals surface area contributed by atoms with Gasteiger partial charge in [0.25, 0.3) is 0 Å². The van der Waals surface area contributed by atoms with Crippen molar-refractivity contribution < 1.29 is 19.7 Å². The predicted octanol–water partition coefficient (Wildman–Crippen LogP) is 3.21. The fourth-order valence-corrected chi connectivity index (χ4v) is 6.92. The van der Waals surface area contributed by atoms with E-state index in [1.165, 1.54) is 12.5 Å². The first-order valence-corrected chi connectivity index (χ1v) is 10.0. The Bertz CT molecular complexity index is 599. The van der Waals surface area contributed by atoms with Gasteiger partial charge in [-0.25, -0.2) is 0 Å². The van der Waals surface area contributed by atoms with Crippen LogP contribution in [0.15, 0.2) is 11.6 Å². The van der Waals surface area contributed by atoms with Crippen LogP contribution in [0.3, 0.4) is 0 Å². The van der Waals surface area contributed by atoms with E-state index >= 15 is 0 Å². The minimum Gasteiger partial charge on any atom is -0.462 e. The molecule has 8 atom stereocenters. The van der Waals surface area contributed by atoms with Crippen molar-refractivity contribution in [2.75, 3.05) is 0 Å². The molecule has 0 aliphatic heterocycles. The summed E-state index contributed by atoms with van der Waals surface area (Å²) in [5.74, 6) is 0.938. The van der Waals surface area contributed by atoms with Crippen LogP contribution in [0, 0.1) is 28.6 Å². The summed E-state index contributed by atoms with van der Waals surface area (Å²) < 4.78 is 5.46. The Morgan fingerprint density at radius 2 is 1.88 bits per heavy atom. The molecule has 0 aromatic heterocycles. The standard InChI is InChI=1S/C21H32O4/c1-12(22)25-14-6-8-20(2)13(10-14)11-17(23)19-15-4-5-18(24)21(15,3)9-7-16(19)20/h11,14-19,23-24H,4-10H2,1-3H3/t14-,15-,16-,17-,18-,19-,20-,21-/m0/s1. The van der Waals surface area contributed by atoms with E-state index in [1.54, 1.807) is 0 Å². The van der Waals surface area contributed by atoms with Gasteiger partial charge in [-0.05, 0) is 67.1 Å². The molecule has 4 rings (SSSR count). The minimum atomic E-state index is -0.431. The number of hydrogen-bond donors (Lipinski definition) is 2. The van der Waals surface area contributed by atoms with Crippen LogP contribution in [0.1, 0.15) is 65.7 Å². The Morgan fingerprint density at radius 1 is 1.12 bits per heavy atom. The van der Waals surface area contributed by atoms with Crippen molar-refractivity contribution in [1.29, 1.82) is 0 Å². The zero-order valence-corrected chi connectivity index (χ0v) is 15.7. The third-order valence-corrected chi connectivity index (χ3v) is 8.37. The van der Waals surface area contributed by atoms with Crippen molar-refractivity contribution in [2.24, 2.45) is 28.6 Å². The summed E-state index contributed by atoms with van der Waals surface area (Å²) in [5.41, 5.74) is 1.37. The number of hydrogen-bond acceptors (Lipinski definition) is 4. The van der Waals surface area contributed by atoms with E-state index in [4.69, 9.17) is 4.74 Å². The Balaban J connectivity index is 1.64. The molecule has 4 aliphatic rings. The first-order chi connectivity index (χ1) is 11.8. The van der Waals surface area contributed by atoms with Crippen molar-refractivity contribution in [3.8, 4) is 0 Å². The summed E-state index contributed by atoms with van der Waals surface area (Å²) in [6.07, 6.45) is 8.14. The van der Waals surface area contributed by atoms with Gasteiger partial charge in [-0.2, -0.15) is 0 Å². The topological polar surface area (TPSA) is 66.8 Å². The van der Waals surface area contributed by atoms with Crippen molar-refractivity contribution >= 4 is 5.97 Å². The molecule has 140 valence electrons. The molecule has 2 N–H and O–H groups in total. The second-order valence-corrected chi connectivity index (χ2v) is 9.50. The Hall–Kier alpha value is -0.870. The first kappa shape index (κ1) is 17.5. The fourth-order valence-electron chi connectivity index (χ4n) is 6.92. The van der Waals surface area contributed by atoms with Gasteiger partial charge in [0.2, 0.25) is 0 Å². The maximum Gasteiger partial charge on any atom is 0.302 e. The lowest BCUT2D eigenvalue weighted by atomic mass is 9.47. The number of aliphatic hydroxyl groups is 2. The van der Waals surface area contributed by atoms with Crippen LogP contribution in [0.25, 0.3) is 0 Å². The summed E-state index contributed by atoms with van der Waals surface area (Å²) in [7, 11) is 0. The maximum absolute atomic E-state index is 11.3. The van der Waals surface area contributed by atoms with Crippen LogP contribution in [0.5, 0.6) is 0 Å². The van der Waals surface area contributed by atoms with Crippen LogP contribution in [-0.2, 0) is 9.53 Å². The zero-order chi connectivity index (χ0) is 18.0. The van der Waals surface area contributed by atoms with Gasteiger partial charge >= 0.3 is 5.97 Å². The third-order valence-electron chi connectivity index (χ3n) is 8.37. The number of esters is 1. The van der Waals surface area contributed by atoms with Gasteiger partial charge in [0.15, 0.2) is 0 Å². The number of carbonyl (C=O) groups is 1. The molecule has 3 fully saturated rings. The van der Waals surface area contributed by atoms with Gasteiger partial charge in [-0.15, -0.1) is 0 Å². The van der Waals surface area contributed by atoms with Gasteiger partial charge in [0.05, 0.1) is 12.2 Å². The van der Waals surface area contributed by atoms with Crippen LogP contribution >= 0.6 is 0 Å². The molecule has 0 radical (unpaired) electrons. The van der Waals surface area contributed by atoms with Crippen LogP contribution in [0.4, 0.5) is 0 Å². The molecule has 4 aliphatic carbocycles. The van der Waals surface area contributed by atoms with Gasteiger partial charge in [0.1, 0.15) is 6.10 Å². The molecule has 4 heteroatoms. The molecular weight excluding hydrogens is 316 g/mol. The molecule has 0 aromatic carbocycles. The Morgan fingerprint density at radius 3 is 2.60 bits per heavy atom. The van der Waals surface area contributed by atoms with E-state index in [2.05, 4.69) is 19.9 Å². The van der Waals surface area contributed by atoms with Gasteiger partial charge < -0.3 is 14.9 Å². The van der Waals surface area contributed by atoms with E-state index in [-0.39, 0.29) is 34.9 Å². The molecule has 3 saturated carbocycles. The van der Waals surface area contributed by atoms with E-state index in [0.717, 1.165) is 44.9 Å². The van der Waals surface area contributed by atoms with Crippen LogP contribution < -0.4 is 0 Å². The monoisotopic (exact) mass is 348 g/mol. The Kier molecular flexibility index (Phi) is 4.08. The average molecular weight is 348 g/mol. The number of ether oxygens (including phenoxy) is 1. The number of rotatable bonds is 1. The largest absolute Gasteiger partial charge is 0.462 e. The summed E-state index contributed by atoms with van der Waals surface area (Å²) in [6.45, 7) is 6.07. The van der Waals surface area contributed by atoms with E-state index < -0.39 is 6.10 Å². The lowest BCUT2D eigenvalue weighted by Gasteiger charge is -2.58. The van der Waals surface area contributed by atoms with E-state index in [0.29, 0.717) is 11.8 Å². The quantitative estimate of drug-likeness (QED) is 0.564. The molecular formula is C21H32O4. The lowest BCUT2D eigenvalue weighted by Crippen LogP contribution is -2.55. The molecule has 0 unspecified atom stereocenters. The lowest BCUT2D eigenvalue weighted by molar-refractivity contribution is -0.149. The smallest absolute Gasteiger partial charge is 0.302 e. The minimum absolute atomic E-state index is 0.0290. The van der Waals surface area contributed by atoms with Gasteiger partial charge in [-0.3, -0.25) is 4.79 Å². The van der Waals surface area contributed by atoms with Gasteiger partial charge in [0, 0.05) is 13.3 Å². The second kappa shape index (κ2) is 5.82. The summed E-state index contributed by atoms with van der Waals surface area (Å²) in [4.78, 5) is 11.3. The first-order valence-electron chi connectivity index (χ1n) is 10.0. The van der Waals surface area contributed by atoms with Crippen molar-refractivity contribution in [2.45, 2.75) is 84.0 Å². The number of fused-ring (bicyclic) bond motifs is 5. The van der Waals surface area contributed by atoms with Crippen LogP contribution in [-0.4, -0.2) is 34.5 Å². The van der Waals surface area contributed by atoms with E-state index in [9.17, 15) is 15.0 Å². The molecule has 0 bridgehead atoms. The van der Waals surface area contributed by atoms with Gasteiger partial charge in [-0.1, -0.05) is 25.5 Å².